The molecule has 1 aromatic carbocycles. The smallest absolute Gasteiger partial charge is 0.0379 e. The Hall–Kier alpha value is -0.820. The van der Waals surface area contributed by atoms with Crippen molar-refractivity contribution in [1.29, 1.82) is 0 Å². The predicted molar refractivity (Wildman–Crippen MR) is 62.8 cm³/mol. The largest absolute Gasteiger partial charge is 0.296 e. The van der Waals surface area contributed by atoms with Gasteiger partial charge < -0.3 is 0 Å². The third-order valence-electron chi connectivity index (χ3n) is 4.38. The summed E-state index contributed by atoms with van der Waals surface area (Å²) in [4.78, 5) is 2.57. The van der Waals surface area contributed by atoms with E-state index in [1.807, 2.05) is 0 Å². The SMILES string of the molecule is CC1CC2CCc3ccccc3C2N1C. The zero-order valence-electron chi connectivity index (χ0n) is 9.61. The number of rotatable bonds is 0. The van der Waals surface area contributed by atoms with E-state index in [4.69, 9.17) is 0 Å². The summed E-state index contributed by atoms with van der Waals surface area (Å²) in [6.45, 7) is 2.36. The third kappa shape index (κ3) is 1.33. The monoisotopic (exact) mass is 201 g/mol. The Balaban J connectivity index is 2.05. The fourth-order valence-corrected chi connectivity index (χ4v) is 3.48. The molecule has 1 fully saturated rings. The first kappa shape index (κ1) is 9.41. The van der Waals surface area contributed by atoms with E-state index in [9.17, 15) is 0 Å². The Morgan fingerprint density at radius 3 is 2.93 bits per heavy atom. The van der Waals surface area contributed by atoms with E-state index < -0.39 is 0 Å². The topological polar surface area (TPSA) is 3.24 Å². The van der Waals surface area contributed by atoms with Gasteiger partial charge in [0.2, 0.25) is 0 Å². The number of hydrogen-bond donors (Lipinski definition) is 0. The number of fused-ring (bicyclic) bond motifs is 3. The maximum absolute atomic E-state index is 2.57. The van der Waals surface area contributed by atoms with Gasteiger partial charge in [0.1, 0.15) is 0 Å². The Bertz CT molecular complexity index is 371. The van der Waals surface area contributed by atoms with Crippen LogP contribution in [0.1, 0.15) is 36.9 Å². The van der Waals surface area contributed by atoms with Gasteiger partial charge in [0, 0.05) is 12.1 Å². The average molecular weight is 201 g/mol. The van der Waals surface area contributed by atoms with Crippen LogP contribution in [0.4, 0.5) is 0 Å². The Morgan fingerprint density at radius 2 is 2.07 bits per heavy atom. The highest BCUT2D eigenvalue weighted by atomic mass is 15.2. The minimum atomic E-state index is 0.699. The van der Waals surface area contributed by atoms with E-state index in [2.05, 4.69) is 43.1 Å². The summed E-state index contributed by atoms with van der Waals surface area (Å²) in [5.41, 5.74) is 3.18. The lowest BCUT2D eigenvalue weighted by Gasteiger charge is -2.32. The second-order valence-electron chi connectivity index (χ2n) is 5.19. The second kappa shape index (κ2) is 3.34. The minimum Gasteiger partial charge on any atom is -0.296 e. The first-order valence-corrected chi connectivity index (χ1v) is 6.07. The van der Waals surface area contributed by atoms with Crippen molar-refractivity contribution < 1.29 is 0 Å². The highest BCUT2D eigenvalue weighted by Gasteiger charge is 2.40. The van der Waals surface area contributed by atoms with Crippen LogP contribution < -0.4 is 0 Å². The molecule has 0 radical (unpaired) electrons. The van der Waals surface area contributed by atoms with Crippen LogP contribution in [0.3, 0.4) is 0 Å². The Kier molecular flexibility index (Phi) is 2.10. The van der Waals surface area contributed by atoms with Gasteiger partial charge in [0.15, 0.2) is 0 Å². The van der Waals surface area contributed by atoms with Crippen LogP contribution in [0, 0.1) is 5.92 Å². The molecule has 3 rings (SSSR count). The number of likely N-dealkylation sites (tertiary alicyclic amines) is 1. The van der Waals surface area contributed by atoms with Crippen molar-refractivity contribution in [3.63, 3.8) is 0 Å². The van der Waals surface area contributed by atoms with E-state index in [-0.39, 0.29) is 0 Å². The van der Waals surface area contributed by atoms with Crippen molar-refractivity contribution in [3.05, 3.63) is 35.4 Å². The maximum Gasteiger partial charge on any atom is 0.0379 e. The van der Waals surface area contributed by atoms with E-state index in [0.29, 0.717) is 6.04 Å². The molecule has 0 saturated carbocycles. The molecule has 1 aliphatic heterocycles. The molecule has 0 N–H and O–H groups in total. The predicted octanol–water partition coefficient (Wildman–Crippen LogP) is 3.01. The standard InChI is InChI=1S/C14H19N/c1-10-9-12-8-7-11-5-3-4-6-13(11)14(12)15(10)2/h3-6,10,12,14H,7-9H2,1-2H3. The maximum atomic E-state index is 2.57. The van der Waals surface area contributed by atoms with E-state index >= 15 is 0 Å². The van der Waals surface area contributed by atoms with Crippen LogP contribution in [-0.4, -0.2) is 18.0 Å². The van der Waals surface area contributed by atoms with E-state index in [0.717, 1.165) is 12.0 Å². The summed E-state index contributed by atoms with van der Waals surface area (Å²) < 4.78 is 0. The number of benzene rings is 1. The summed E-state index contributed by atoms with van der Waals surface area (Å²) in [5.74, 6) is 0.903. The highest BCUT2D eigenvalue weighted by Crippen LogP contribution is 2.46. The van der Waals surface area contributed by atoms with Crippen LogP contribution in [0.2, 0.25) is 0 Å². The molecule has 0 aromatic heterocycles. The van der Waals surface area contributed by atoms with Gasteiger partial charge in [-0.05, 0) is 50.3 Å². The molecule has 0 bridgehead atoms. The van der Waals surface area contributed by atoms with Crippen LogP contribution in [0.15, 0.2) is 24.3 Å². The quantitative estimate of drug-likeness (QED) is 0.623. The zero-order valence-corrected chi connectivity index (χ0v) is 9.61. The molecular weight excluding hydrogens is 182 g/mol. The lowest BCUT2D eigenvalue weighted by Crippen LogP contribution is -2.28. The summed E-state index contributed by atoms with van der Waals surface area (Å²) >= 11 is 0. The van der Waals surface area contributed by atoms with Gasteiger partial charge in [-0.3, -0.25) is 4.90 Å². The van der Waals surface area contributed by atoms with Crippen LogP contribution >= 0.6 is 0 Å². The summed E-state index contributed by atoms with van der Waals surface area (Å²) in [6.07, 6.45) is 4.06. The Morgan fingerprint density at radius 1 is 1.27 bits per heavy atom. The molecular formula is C14H19N. The van der Waals surface area contributed by atoms with E-state index in [1.165, 1.54) is 19.3 Å². The molecule has 1 saturated heterocycles. The molecule has 1 aromatic rings. The number of nitrogens with zero attached hydrogens (tertiary/aromatic N) is 1. The third-order valence-corrected chi connectivity index (χ3v) is 4.38. The summed E-state index contributed by atoms with van der Waals surface area (Å²) in [7, 11) is 2.29. The van der Waals surface area contributed by atoms with Crippen LogP contribution in [0.5, 0.6) is 0 Å². The van der Waals surface area contributed by atoms with Crippen LogP contribution in [-0.2, 0) is 6.42 Å². The highest BCUT2D eigenvalue weighted by molar-refractivity contribution is 5.34. The van der Waals surface area contributed by atoms with Crippen molar-refractivity contribution in [2.45, 2.75) is 38.3 Å². The average Bonchev–Trinajstić information content (AvgIpc) is 2.55. The molecule has 15 heavy (non-hydrogen) atoms. The van der Waals surface area contributed by atoms with Crippen molar-refractivity contribution in [1.82, 2.24) is 4.90 Å². The fourth-order valence-electron chi connectivity index (χ4n) is 3.48. The molecule has 1 nitrogen and oxygen atoms in total. The lowest BCUT2D eigenvalue weighted by molar-refractivity contribution is 0.224. The zero-order chi connectivity index (χ0) is 10.4. The normalized spacial score (nSPS) is 34.9. The Labute approximate surface area is 92.1 Å². The second-order valence-corrected chi connectivity index (χ2v) is 5.19. The first-order valence-electron chi connectivity index (χ1n) is 6.07. The van der Waals surface area contributed by atoms with Crippen LogP contribution in [0.25, 0.3) is 0 Å². The van der Waals surface area contributed by atoms with E-state index in [1.54, 1.807) is 11.1 Å². The van der Waals surface area contributed by atoms with Crippen molar-refractivity contribution in [2.24, 2.45) is 5.92 Å². The molecule has 0 spiro atoms. The minimum absolute atomic E-state index is 0.699. The number of aryl methyl sites for hydroxylation is 1. The molecule has 1 heterocycles. The van der Waals surface area contributed by atoms with Gasteiger partial charge in [-0.1, -0.05) is 24.3 Å². The molecule has 80 valence electrons. The fraction of sp³-hybridized carbons (Fsp3) is 0.571. The van der Waals surface area contributed by atoms with Gasteiger partial charge >= 0.3 is 0 Å². The molecule has 2 aliphatic rings. The van der Waals surface area contributed by atoms with Gasteiger partial charge in [-0.15, -0.1) is 0 Å². The van der Waals surface area contributed by atoms with Gasteiger partial charge in [0.05, 0.1) is 0 Å². The van der Waals surface area contributed by atoms with Crippen molar-refractivity contribution >= 4 is 0 Å². The van der Waals surface area contributed by atoms with Gasteiger partial charge in [0.25, 0.3) is 0 Å². The molecule has 3 unspecified atom stereocenters. The lowest BCUT2D eigenvalue weighted by atomic mass is 9.80. The van der Waals surface area contributed by atoms with Gasteiger partial charge in [-0.25, -0.2) is 0 Å². The summed E-state index contributed by atoms with van der Waals surface area (Å²) in [6, 6.07) is 10.5. The molecule has 1 heteroatoms. The molecule has 3 atom stereocenters. The molecule has 1 aliphatic carbocycles. The van der Waals surface area contributed by atoms with Crippen molar-refractivity contribution in [2.75, 3.05) is 7.05 Å². The van der Waals surface area contributed by atoms with Crippen molar-refractivity contribution in [3.8, 4) is 0 Å². The first-order chi connectivity index (χ1) is 7.27. The summed E-state index contributed by atoms with van der Waals surface area (Å²) in [5, 5.41) is 0. The molecule has 0 amide bonds. The van der Waals surface area contributed by atoms with Gasteiger partial charge in [-0.2, -0.15) is 0 Å². The number of hydrogen-bond acceptors (Lipinski definition) is 1.